The zero-order chi connectivity index (χ0) is 11.9. The Morgan fingerprint density at radius 3 is 2.47 bits per heavy atom. The summed E-state index contributed by atoms with van der Waals surface area (Å²) >= 11 is 0. The van der Waals surface area contributed by atoms with E-state index in [2.05, 4.69) is 4.90 Å². The summed E-state index contributed by atoms with van der Waals surface area (Å²) in [6, 6.07) is 0.606. The Bertz CT molecular complexity index is 174. The maximum absolute atomic E-state index is 6.05. The molecule has 1 aliphatic heterocycles. The highest BCUT2D eigenvalue weighted by Gasteiger charge is 2.27. The molecule has 0 aromatic carbocycles. The lowest BCUT2D eigenvalue weighted by atomic mass is 9.90. The third-order valence-corrected chi connectivity index (χ3v) is 4.41. The van der Waals surface area contributed by atoms with E-state index in [0.717, 1.165) is 32.2 Å². The fraction of sp³-hybridized carbons (Fsp3) is 1.00. The molecule has 0 spiro atoms. The smallest absolute Gasteiger partial charge is 0.0593 e. The van der Waals surface area contributed by atoms with Crippen LogP contribution in [0.15, 0.2) is 0 Å². The summed E-state index contributed by atoms with van der Waals surface area (Å²) < 4.78 is 5.55. The summed E-state index contributed by atoms with van der Waals surface area (Å²) in [6.45, 7) is 4.91. The second kappa shape index (κ2) is 7.34. The van der Waals surface area contributed by atoms with E-state index in [1.54, 1.807) is 0 Å². The number of nitrogens with zero attached hydrogens (tertiary/aromatic N) is 1. The van der Waals surface area contributed by atoms with Gasteiger partial charge in [0.1, 0.15) is 0 Å². The van der Waals surface area contributed by atoms with E-state index in [4.69, 9.17) is 10.5 Å². The van der Waals surface area contributed by atoms with Gasteiger partial charge in [0.15, 0.2) is 0 Å². The Kier molecular flexibility index (Phi) is 5.75. The van der Waals surface area contributed by atoms with E-state index in [1.807, 2.05) is 0 Å². The van der Waals surface area contributed by atoms with Crippen LogP contribution in [-0.4, -0.2) is 43.8 Å². The van der Waals surface area contributed by atoms with Gasteiger partial charge in [0, 0.05) is 32.3 Å². The lowest BCUT2D eigenvalue weighted by Crippen LogP contribution is -2.46. The minimum Gasteiger partial charge on any atom is -0.380 e. The highest BCUT2D eigenvalue weighted by molar-refractivity contribution is 4.82. The van der Waals surface area contributed by atoms with E-state index in [1.165, 1.54) is 51.5 Å². The molecule has 1 atom stereocenters. The molecule has 2 fully saturated rings. The number of nitrogens with two attached hydrogens (primary N) is 1. The number of hydrogen-bond donors (Lipinski definition) is 1. The molecule has 0 radical (unpaired) electrons. The molecule has 0 aromatic rings. The summed E-state index contributed by atoms with van der Waals surface area (Å²) in [5.74, 6) is 0.834. The van der Waals surface area contributed by atoms with Gasteiger partial charge >= 0.3 is 0 Å². The zero-order valence-electron chi connectivity index (χ0n) is 11.1. The topological polar surface area (TPSA) is 38.5 Å². The molecule has 2 aliphatic rings. The molecule has 3 nitrogen and oxygen atoms in total. The normalized spacial score (nSPS) is 27.4. The molecule has 0 aromatic heterocycles. The zero-order valence-corrected chi connectivity index (χ0v) is 11.1. The third kappa shape index (κ3) is 3.94. The van der Waals surface area contributed by atoms with Gasteiger partial charge in [0.25, 0.3) is 0 Å². The van der Waals surface area contributed by atoms with Gasteiger partial charge in [-0.25, -0.2) is 0 Å². The van der Waals surface area contributed by atoms with Crippen molar-refractivity contribution in [1.82, 2.24) is 4.90 Å². The Hall–Kier alpha value is -0.120. The van der Waals surface area contributed by atoms with Crippen LogP contribution < -0.4 is 5.73 Å². The Morgan fingerprint density at radius 2 is 1.76 bits per heavy atom. The van der Waals surface area contributed by atoms with Crippen molar-refractivity contribution in [2.45, 2.75) is 51.0 Å². The largest absolute Gasteiger partial charge is 0.380 e. The van der Waals surface area contributed by atoms with Gasteiger partial charge in [-0.2, -0.15) is 0 Å². The van der Waals surface area contributed by atoms with Crippen LogP contribution in [0.1, 0.15) is 44.9 Å². The molecule has 2 rings (SSSR count). The van der Waals surface area contributed by atoms with Crippen LogP contribution in [0.25, 0.3) is 0 Å². The van der Waals surface area contributed by atoms with Crippen LogP contribution in [0.4, 0.5) is 0 Å². The van der Waals surface area contributed by atoms with Crippen LogP contribution in [0.2, 0.25) is 0 Å². The minimum atomic E-state index is 0.606. The molecule has 2 N–H and O–H groups in total. The van der Waals surface area contributed by atoms with E-state index in [0.29, 0.717) is 6.04 Å². The van der Waals surface area contributed by atoms with Crippen LogP contribution in [0.5, 0.6) is 0 Å². The van der Waals surface area contributed by atoms with Gasteiger partial charge in [-0.05, 0) is 25.2 Å². The summed E-state index contributed by atoms with van der Waals surface area (Å²) in [7, 11) is 0. The lowest BCUT2D eigenvalue weighted by molar-refractivity contribution is 0.112. The highest BCUT2D eigenvalue weighted by atomic mass is 16.5. The van der Waals surface area contributed by atoms with Crippen molar-refractivity contribution in [2.24, 2.45) is 11.7 Å². The van der Waals surface area contributed by atoms with E-state index >= 15 is 0 Å². The van der Waals surface area contributed by atoms with E-state index < -0.39 is 0 Å². The van der Waals surface area contributed by atoms with Gasteiger partial charge in [-0.3, -0.25) is 4.90 Å². The molecule has 1 saturated heterocycles. The molecular weight excluding hydrogens is 212 g/mol. The summed E-state index contributed by atoms with van der Waals surface area (Å²) in [4.78, 5) is 2.60. The first-order chi connectivity index (χ1) is 8.42. The second-order valence-corrected chi connectivity index (χ2v) is 5.56. The van der Waals surface area contributed by atoms with Crippen LogP contribution in [0, 0.1) is 5.92 Å². The maximum Gasteiger partial charge on any atom is 0.0593 e. The fourth-order valence-corrected chi connectivity index (χ4v) is 3.43. The van der Waals surface area contributed by atoms with Gasteiger partial charge in [-0.1, -0.05) is 25.7 Å². The van der Waals surface area contributed by atoms with Crippen LogP contribution in [-0.2, 0) is 4.74 Å². The molecule has 1 saturated carbocycles. The quantitative estimate of drug-likeness (QED) is 0.767. The van der Waals surface area contributed by atoms with E-state index in [-0.39, 0.29) is 0 Å². The molecule has 17 heavy (non-hydrogen) atoms. The van der Waals surface area contributed by atoms with Gasteiger partial charge in [0.05, 0.1) is 6.61 Å². The minimum absolute atomic E-state index is 0.606. The maximum atomic E-state index is 6.05. The molecule has 0 amide bonds. The van der Waals surface area contributed by atoms with Crippen molar-refractivity contribution in [3.63, 3.8) is 0 Å². The first kappa shape index (κ1) is 13.3. The predicted molar refractivity (Wildman–Crippen MR) is 71.0 cm³/mol. The molecule has 0 bridgehead atoms. The standard InChI is InChI=1S/C14H28N2O/c15-12-14(13-6-3-1-2-4-7-13)16-8-5-10-17-11-9-16/h13-14H,1-12,15H2. The van der Waals surface area contributed by atoms with Gasteiger partial charge < -0.3 is 10.5 Å². The molecule has 1 aliphatic carbocycles. The third-order valence-electron chi connectivity index (χ3n) is 4.41. The molecule has 1 heterocycles. The summed E-state index contributed by atoms with van der Waals surface area (Å²) in [5, 5.41) is 0. The molecular formula is C14H28N2O. The van der Waals surface area contributed by atoms with Crippen molar-refractivity contribution in [2.75, 3.05) is 32.8 Å². The molecule has 3 heteroatoms. The van der Waals surface area contributed by atoms with E-state index in [9.17, 15) is 0 Å². The molecule has 1 unspecified atom stereocenters. The van der Waals surface area contributed by atoms with Crippen molar-refractivity contribution >= 4 is 0 Å². The first-order valence-electron chi connectivity index (χ1n) is 7.43. The predicted octanol–water partition coefficient (Wildman–Crippen LogP) is 2.01. The fourth-order valence-electron chi connectivity index (χ4n) is 3.43. The Morgan fingerprint density at radius 1 is 1.00 bits per heavy atom. The Balaban J connectivity index is 1.92. The average molecular weight is 240 g/mol. The SMILES string of the molecule is NCC(C1CCCCCC1)N1CCCOCC1. The average Bonchev–Trinajstić information content (AvgIpc) is 2.75. The highest BCUT2D eigenvalue weighted by Crippen LogP contribution is 2.28. The number of rotatable bonds is 3. The van der Waals surface area contributed by atoms with Crippen LogP contribution in [0.3, 0.4) is 0 Å². The van der Waals surface area contributed by atoms with Crippen molar-refractivity contribution in [3.8, 4) is 0 Å². The monoisotopic (exact) mass is 240 g/mol. The first-order valence-corrected chi connectivity index (χ1v) is 7.43. The van der Waals surface area contributed by atoms with Crippen molar-refractivity contribution < 1.29 is 4.74 Å². The van der Waals surface area contributed by atoms with Crippen LogP contribution >= 0.6 is 0 Å². The van der Waals surface area contributed by atoms with Crippen molar-refractivity contribution in [1.29, 1.82) is 0 Å². The summed E-state index contributed by atoms with van der Waals surface area (Å²) in [6.07, 6.45) is 9.62. The van der Waals surface area contributed by atoms with Gasteiger partial charge in [0.2, 0.25) is 0 Å². The number of hydrogen-bond acceptors (Lipinski definition) is 3. The molecule has 100 valence electrons. The van der Waals surface area contributed by atoms with Crippen molar-refractivity contribution in [3.05, 3.63) is 0 Å². The Labute approximate surface area is 106 Å². The number of ether oxygens (including phenoxy) is 1. The van der Waals surface area contributed by atoms with Gasteiger partial charge in [-0.15, -0.1) is 0 Å². The second-order valence-electron chi connectivity index (χ2n) is 5.56. The lowest BCUT2D eigenvalue weighted by Gasteiger charge is -2.35. The summed E-state index contributed by atoms with van der Waals surface area (Å²) in [5.41, 5.74) is 6.05.